The molecule has 0 amide bonds. The third-order valence-corrected chi connectivity index (χ3v) is 5.65. The van der Waals surface area contributed by atoms with Crippen LogP contribution < -0.4 is 0 Å². The first-order chi connectivity index (χ1) is 11.2. The Morgan fingerprint density at radius 1 is 1.29 bits per heavy atom. The zero-order chi connectivity index (χ0) is 18.0. The summed E-state index contributed by atoms with van der Waals surface area (Å²) in [5.41, 5.74) is -1.22. The van der Waals surface area contributed by atoms with E-state index in [1.807, 2.05) is 0 Å². The van der Waals surface area contributed by atoms with Crippen molar-refractivity contribution >= 4 is 10.0 Å². The van der Waals surface area contributed by atoms with Crippen molar-refractivity contribution < 1.29 is 31.1 Å². The molecular weight excluding hydrogens is 349 g/mol. The van der Waals surface area contributed by atoms with E-state index in [1.54, 1.807) is 0 Å². The maximum atomic E-state index is 13.3. The van der Waals surface area contributed by atoms with E-state index in [9.17, 15) is 21.6 Å². The molecule has 0 radical (unpaired) electrons. The van der Waals surface area contributed by atoms with Gasteiger partial charge in [-0.3, -0.25) is 4.98 Å². The van der Waals surface area contributed by atoms with Crippen LogP contribution in [0.15, 0.2) is 12.3 Å². The molecule has 0 aromatic carbocycles. The van der Waals surface area contributed by atoms with Crippen molar-refractivity contribution in [2.24, 2.45) is 0 Å². The Morgan fingerprint density at radius 3 is 2.50 bits per heavy atom. The van der Waals surface area contributed by atoms with Crippen LogP contribution in [0.1, 0.15) is 36.0 Å². The highest BCUT2D eigenvalue weighted by Gasteiger charge is 2.37. The fraction of sp³-hybridized carbons (Fsp3) is 0.643. The van der Waals surface area contributed by atoms with Gasteiger partial charge in [-0.25, -0.2) is 8.42 Å². The minimum Gasteiger partial charge on any atom is -0.350 e. The van der Waals surface area contributed by atoms with Gasteiger partial charge in [0.1, 0.15) is 5.69 Å². The van der Waals surface area contributed by atoms with Crippen molar-refractivity contribution in [3.05, 3.63) is 29.1 Å². The van der Waals surface area contributed by atoms with E-state index in [2.05, 4.69) is 4.98 Å². The number of halogens is 3. The molecule has 0 atom stereocenters. The zero-order valence-electron chi connectivity index (χ0n) is 13.3. The van der Waals surface area contributed by atoms with Gasteiger partial charge in [0.05, 0.1) is 11.3 Å². The van der Waals surface area contributed by atoms with Gasteiger partial charge in [-0.15, -0.1) is 0 Å². The smallest absolute Gasteiger partial charge is 0.350 e. The number of sulfonamides is 1. The predicted molar refractivity (Wildman–Crippen MR) is 79.4 cm³/mol. The number of pyridine rings is 1. The molecule has 10 heteroatoms. The second-order valence-corrected chi connectivity index (χ2v) is 7.52. The number of nitrogens with zero attached hydrogens (tertiary/aromatic N) is 2. The lowest BCUT2D eigenvalue weighted by atomic mass is 10.1. The summed E-state index contributed by atoms with van der Waals surface area (Å²) in [6.45, 7) is 0.160. The molecule has 0 bridgehead atoms. The van der Waals surface area contributed by atoms with Gasteiger partial charge < -0.3 is 9.47 Å². The van der Waals surface area contributed by atoms with Gasteiger partial charge >= 0.3 is 6.18 Å². The third-order valence-electron chi connectivity index (χ3n) is 3.74. The van der Waals surface area contributed by atoms with E-state index < -0.39 is 33.7 Å². The van der Waals surface area contributed by atoms with E-state index in [4.69, 9.17) is 9.47 Å². The molecule has 136 valence electrons. The minimum absolute atomic E-state index is 0.0140. The standard InChI is InChI=1S/C14H19F3N2O4S/c1-22-13(23-2)12-11(14(15,16)17)7-10(8-18-12)9-19-5-3-4-6-24(19,20)21/h7-8,13H,3-6,9H2,1-2H3. The van der Waals surface area contributed by atoms with E-state index >= 15 is 0 Å². The topological polar surface area (TPSA) is 68.7 Å². The number of rotatable bonds is 5. The summed E-state index contributed by atoms with van der Waals surface area (Å²) in [4.78, 5) is 3.81. The largest absolute Gasteiger partial charge is 0.418 e. The fourth-order valence-electron chi connectivity index (χ4n) is 2.56. The van der Waals surface area contributed by atoms with Gasteiger partial charge in [-0.05, 0) is 24.5 Å². The van der Waals surface area contributed by atoms with Crippen molar-refractivity contribution in [1.82, 2.24) is 9.29 Å². The summed E-state index contributed by atoms with van der Waals surface area (Å²) in [5, 5.41) is 0. The monoisotopic (exact) mass is 368 g/mol. The van der Waals surface area contributed by atoms with E-state index in [1.165, 1.54) is 24.7 Å². The van der Waals surface area contributed by atoms with Crippen molar-refractivity contribution in [3.63, 3.8) is 0 Å². The molecule has 0 saturated carbocycles. The summed E-state index contributed by atoms with van der Waals surface area (Å²) >= 11 is 0. The minimum atomic E-state index is -4.66. The molecule has 24 heavy (non-hydrogen) atoms. The number of hydrogen-bond donors (Lipinski definition) is 0. The van der Waals surface area contributed by atoms with Crippen LogP contribution in [0.5, 0.6) is 0 Å². The Hall–Kier alpha value is -1.23. The Balaban J connectivity index is 2.36. The van der Waals surface area contributed by atoms with Crippen LogP contribution in [-0.2, 0) is 32.2 Å². The van der Waals surface area contributed by atoms with Crippen LogP contribution in [-0.4, -0.2) is 44.2 Å². The van der Waals surface area contributed by atoms with E-state index in [0.717, 1.165) is 6.07 Å². The number of methoxy groups -OCH3 is 2. The second-order valence-electron chi connectivity index (χ2n) is 5.43. The van der Waals surface area contributed by atoms with E-state index in [0.29, 0.717) is 19.4 Å². The van der Waals surface area contributed by atoms with Crippen LogP contribution in [0.2, 0.25) is 0 Å². The lowest BCUT2D eigenvalue weighted by Gasteiger charge is -2.26. The summed E-state index contributed by atoms with van der Waals surface area (Å²) in [6, 6.07) is 0.900. The molecule has 1 aliphatic rings. The molecule has 1 fully saturated rings. The van der Waals surface area contributed by atoms with Crippen LogP contribution in [0, 0.1) is 0 Å². The van der Waals surface area contributed by atoms with Crippen molar-refractivity contribution in [3.8, 4) is 0 Å². The van der Waals surface area contributed by atoms with Gasteiger partial charge in [0, 0.05) is 33.5 Å². The highest BCUT2D eigenvalue weighted by Crippen LogP contribution is 2.35. The van der Waals surface area contributed by atoms with Crippen LogP contribution in [0.3, 0.4) is 0 Å². The molecule has 1 aromatic rings. The van der Waals surface area contributed by atoms with Crippen LogP contribution in [0.25, 0.3) is 0 Å². The molecule has 1 saturated heterocycles. The van der Waals surface area contributed by atoms with Gasteiger partial charge in [0.25, 0.3) is 0 Å². The Morgan fingerprint density at radius 2 is 1.96 bits per heavy atom. The summed E-state index contributed by atoms with van der Waals surface area (Å²) in [7, 11) is -1.01. The Labute approximate surface area is 138 Å². The van der Waals surface area contributed by atoms with Crippen molar-refractivity contribution in [1.29, 1.82) is 0 Å². The first-order valence-corrected chi connectivity index (χ1v) is 8.89. The molecule has 0 spiro atoms. The van der Waals surface area contributed by atoms with E-state index in [-0.39, 0.29) is 17.9 Å². The van der Waals surface area contributed by atoms with Crippen molar-refractivity contribution in [2.75, 3.05) is 26.5 Å². The first-order valence-electron chi connectivity index (χ1n) is 7.28. The van der Waals surface area contributed by atoms with Gasteiger partial charge in [0.2, 0.25) is 16.3 Å². The quantitative estimate of drug-likeness (QED) is 0.746. The average Bonchev–Trinajstić information content (AvgIpc) is 2.50. The molecule has 0 unspecified atom stereocenters. The number of hydrogen-bond acceptors (Lipinski definition) is 5. The molecule has 1 aromatic heterocycles. The molecule has 0 N–H and O–H groups in total. The summed E-state index contributed by atoms with van der Waals surface area (Å²) < 4.78 is 74.8. The maximum absolute atomic E-state index is 13.3. The summed E-state index contributed by atoms with van der Waals surface area (Å²) in [6.07, 6.45) is -3.44. The molecule has 6 nitrogen and oxygen atoms in total. The number of ether oxygens (including phenoxy) is 2. The molecule has 0 aliphatic carbocycles. The Kier molecular flexibility index (Phi) is 5.84. The highest BCUT2D eigenvalue weighted by atomic mass is 32.2. The third kappa shape index (κ3) is 4.24. The lowest BCUT2D eigenvalue weighted by molar-refractivity contribution is -0.149. The number of aromatic nitrogens is 1. The molecule has 2 rings (SSSR count). The molecule has 2 heterocycles. The zero-order valence-corrected chi connectivity index (χ0v) is 14.2. The lowest BCUT2D eigenvalue weighted by Crippen LogP contribution is -2.37. The van der Waals surface area contributed by atoms with Gasteiger partial charge in [-0.1, -0.05) is 0 Å². The molecule has 1 aliphatic heterocycles. The van der Waals surface area contributed by atoms with Crippen LogP contribution in [0.4, 0.5) is 13.2 Å². The highest BCUT2D eigenvalue weighted by molar-refractivity contribution is 7.89. The normalized spacial score (nSPS) is 18.9. The molecular formula is C14H19F3N2O4S. The van der Waals surface area contributed by atoms with Crippen LogP contribution >= 0.6 is 0 Å². The predicted octanol–water partition coefficient (Wildman–Crippen LogP) is 2.32. The average molecular weight is 368 g/mol. The van der Waals surface area contributed by atoms with Gasteiger partial charge in [0.15, 0.2) is 0 Å². The second kappa shape index (κ2) is 7.34. The first kappa shape index (κ1) is 19.1. The fourth-order valence-corrected chi connectivity index (χ4v) is 4.14. The SMILES string of the molecule is COC(OC)c1ncc(CN2CCCCS2(=O)=O)cc1C(F)(F)F. The van der Waals surface area contributed by atoms with Gasteiger partial charge in [-0.2, -0.15) is 17.5 Å². The number of alkyl halides is 3. The maximum Gasteiger partial charge on any atom is 0.418 e. The Bertz CT molecular complexity index is 675. The summed E-state index contributed by atoms with van der Waals surface area (Å²) in [5.74, 6) is 0.0140. The van der Waals surface area contributed by atoms with Crippen molar-refractivity contribution in [2.45, 2.75) is 31.9 Å².